The van der Waals surface area contributed by atoms with E-state index in [1.807, 2.05) is 12.1 Å². The molecule has 1 amide bonds. The van der Waals surface area contributed by atoms with Crippen molar-refractivity contribution in [3.63, 3.8) is 0 Å². The third-order valence-corrected chi connectivity index (χ3v) is 6.55. The summed E-state index contributed by atoms with van der Waals surface area (Å²) < 4.78 is 22.9. The first-order valence-corrected chi connectivity index (χ1v) is 11.1. The molecule has 4 rings (SSSR count). The van der Waals surface area contributed by atoms with Gasteiger partial charge in [0.05, 0.1) is 36.6 Å². The second-order valence-electron chi connectivity index (χ2n) is 7.03. The number of aromatic nitrogens is 1. The molecule has 1 unspecified atom stereocenters. The monoisotopic (exact) mass is 462 g/mol. The molecule has 7 nitrogen and oxygen atoms in total. The Balaban J connectivity index is 1.60. The Bertz CT molecular complexity index is 1070. The van der Waals surface area contributed by atoms with Crippen LogP contribution in [0.3, 0.4) is 0 Å². The molecular formula is C22H23ClN2O5S. The molecule has 0 radical (unpaired) electrons. The highest BCUT2D eigenvalue weighted by Gasteiger charge is 2.27. The molecule has 3 aromatic rings. The van der Waals surface area contributed by atoms with Crippen molar-refractivity contribution in [1.82, 2.24) is 4.98 Å². The van der Waals surface area contributed by atoms with E-state index in [0.29, 0.717) is 46.1 Å². The standard InChI is InChI=1S/C22H23ClN2O5S/c1-27-14-5-3-6-15(11-14)30-13-19(26)25(12-16-7-4-10-29-16)22-24-20-18(28-2)9-8-17(23)21(20)31-22/h3,5-6,8-9,11,16H,4,7,10,12-13H2,1-2H3. The number of amides is 1. The second kappa shape index (κ2) is 9.72. The van der Waals surface area contributed by atoms with Crippen LogP contribution in [0.15, 0.2) is 36.4 Å². The molecule has 9 heteroatoms. The fourth-order valence-corrected chi connectivity index (χ4v) is 4.70. The molecule has 2 heterocycles. The van der Waals surface area contributed by atoms with E-state index >= 15 is 0 Å². The Hall–Kier alpha value is -2.55. The lowest BCUT2D eigenvalue weighted by Gasteiger charge is -2.23. The van der Waals surface area contributed by atoms with Gasteiger partial charge in [-0.15, -0.1) is 0 Å². The molecule has 1 aromatic heterocycles. The van der Waals surface area contributed by atoms with Crippen LogP contribution in [-0.2, 0) is 9.53 Å². The van der Waals surface area contributed by atoms with Gasteiger partial charge in [-0.3, -0.25) is 9.69 Å². The number of rotatable bonds is 8. The molecule has 0 bridgehead atoms. The van der Waals surface area contributed by atoms with E-state index in [1.165, 1.54) is 11.3 Å². The van der Waals surface area contributed by atoms with Crippen LogP contribution in [0.5, 0.6) is 17.2 Å². The predicted octanol–water partition coefficient (Wildman–Crippen LogP) is 4.56. The Labute approximate surface area is 189 Å². The molecule has 1 aliphatic rings. The summed E-state index contributed by atoms with van der Waals surface area (Å²) in [5.74, 6) is 1.61. The van der Waals surface area contributed by atoms with Gasteiger partial charge < -0.3 is 18.9 Å². The van der Waals surface area contributed by atoms with Crippen molar-refractivity contribution >= 4 is 44.2 Å². The van der Waals surface area contributed by atoms with E-state index in [0.717, 1.165) is 17.5 Å². The van der Waals surface area contributed by atoms with Crippen LogP contribution < -0.4 is 19.1 Å². The lowest BCUT2D eigenvalue weighted by Crippen LogP contribution is -2.40. The van der Waals surface area contributed by atoms with Crippen molar-refractivity contribution in [2.24, 2.45) is 0 Å². The molecule has 1 saturated heterocycles. The number of hydrogen-bond acceptors (Lipinski definition) is 7. The van der Waals surface area contributed by atoms with Crippen LogP contribution in [0.2, 0.25) is 5.02 Å². The van der Waals surface area contributed by atoms with Crippen LogP contribution >= 0.6 is 22.9 Å². The largest absolute Gasteiger partial charge is 0.497 e. The first-order valence-electron chi connectivity index (χ1n) is 9.91. The molecular weight excluding hydrogens is 440 g/mol. The van der Waals surface area contributed by atoms with Crippen molar-refractivity contribution in [1.29, 1.82) is 0 Å². The fourth-order valence-electron chi connectivity index (χ4n) is 3.41. The molecule has 0 aliphatic carbocycles. The number of carbonyl (C=O) groups is 1. The maximum absolute atomic E-state index is 13.2. The minimum Gasteiger partial charge on any atom is -0.497 e. The predicted molar refractivity (Wildman–Crippen MR) is 121 cm³/mol. The van der Waals surface area contributed by atoms with Crippen molar-refractivity contribution in [3.05, 3.63) is 41.4 Å². The van der Waals surface area contributed by atoms with Crippen molar-refractivity contribution in [2.75, 3.05) is 38.9 Å². The number of fused-ring (bicyclic) bond motifs is 1. The molecule has 31 heavy (non-hydrogen) atoms. The fraction of sp³-hybridized carbons (Fsp3) is 0.364. The first kappa shape index (κ1) is 21.7. The van der Waals surface area contributed by atoms with E-state index < -0.39 is 0 Å². The molecule has 164 valence electrons. The zero-order valence-corrected chi connectivity index (χ0v) is 18.9. The van der Waals surface area contributed by atoms with Crippen LogP contribution in [0, 0.1) is 0 Å². The number of methoxy groups -OCH3 is 2. The average Bonchev–Trinajstić information content (AvgIpc) is 3.47. The summed E-state index contributed by atoms with van der Waals surface area (Å²) in [5, 5.41) is 1.10. The van der Waals surface area contributed by atoms with Gasteiger partial charge in [-0.1, -0.05) is 29.0 Å². The van der Waals surface area contributed by atoms with Crippen molar-refractivity contribution < 1.29 is 23.7 Å². The lowest BCUT2D eigenvalue weighted by molar-refractivity contribution is -0.120. The molecule has 0 spiro atoms. The number of halogens is 1. The summed E-state index contributed by atoms with van der Waals surface area (Å²) in [4.78, 5) is 19.5. The first-order chi connectivity index (χ1) is 15.1. The summed E-state index contributed by atoms with van der Waals surface area (Å²) in [5.41, 5.74) is 0.633. The topological polar surface area (TPSA) is 70.1 Å². The summed E-state index contributed by atoms with van der Waals surface area (Å²) in [6.45, 7) is 0.966. The van der Waals surface area contributed by atoms with Gasteiger partial charge in [0.1, 0.15) is 22.8 Å². The van der Waals surface area contributed by atoms with E-state index in [2.05, 4.69) is 4.98 Å². The number of thiazole rings is 1. The highest BCUT2D eigenvalue weighted by Crippen LogP contribution is 2.39. The highest BCUT2D eigenvalue weighted by atomic mass is 35.5. The molecule has 2 aromatic carbocycles. The number of ether oxygens (including phenoxy) is 4. The summed E-state index contributed by atoms with van der Waals surface area (Å²) in [7, 11) is 3.17. The lowest BCUT2D eigenvalue weighted by atomic mass is 10.2. The van der Waals surface area contributed by atoms with Gasteiger partial charge in [0, 0.05) is 12.7 Å². The zero-order valence-electron chi connectivity index (χ0n) is 17.3. The Kier molecular flexibility index (Phi) is 6.80. The summed E-state index contributed by atoms with van der Waals surface area (Å²) >= 11 is 7.73. The van der Waals surface area contributed by atoms with Crippen LogP contribution in [0.4, 0.5) is 5.13 Å². The highest BCUT2D eigenvalue weighted by molar-refractivity contribution is 7.23. The van der Waals surface area contributed by atoms with Gasteiger partial charge in [0.15, 0.2) is 11.7 Å². The molecule has 1 aliphatic heterocycles. The third-order valence-electron chi connectivity index (χ3n) is 5.01. The molecule has 1 atom stereocenters. The third kappa shape index (κ3) is 4.87. The number of benzene rings is 2. The van der Waals surface area contributed by atoms with E-state index in [-0.39, 0.29) is 18.6 Å². The van der Waals surface area contributed by atoms with Gasteiger partial charge >= 0.3 is 0 Å². The van der Waals surface area contributed by atoms with Crippen molar-refractivity contribution in [2.45, 2.75) is 18.9 Å². The number of anilines is 1. The van der Waals surface area contributed by atoms with Crippen molar-refractivity contribution in [3.8, 4) is 17.2 Å². The molecule has 0 saturated carbocycles. The Morgan fingerprint density at radius 3 is 2.84 bits per heavy atom. The van der Waals surface area contributed by atoms with Crippen LogP contribution in [-0.4, -0.2) is 51.0 Å². The van der Waals surface area contributed by atoms with Gasteiger partial charge in [0.2, 0.25) is 0 Å². The Morgan fingerprint density at radius 2 is 2.10 bits per heavy atom. The zero-order chi connectivity index (χ0) is 21.8. The molecule has 0 N–H and O–H groups in total. The maximum Gasteiger partial charge on any atom is 0.266 e. The molecule has 1 fully saturated rings. The van der Waals surface area contributed by atoms with E-state index in [1.54, 1.807) is 43.4 Å². The number of hydrogen-bond donors (Lipinski definition) is 0. The number of carbonyl (C=O) groups excluding carboxylic acids is 1. The SMILES string of the molecule is COc1cccc(OCC(=O)N(CC2CCCO2)c2nc3c(OC)ccc(Cl)c3s2)c1. The van der Waals surface area contributed by atoms with Crippen LogP contribution in [0.1, 0.15) is 12.8 Å². The quantitative estimate of drug-likeness (QED) is 0.489. The summed E-state index contributed by atoms with van der Waals surface area (Å²) in [6.07, 6.45) is 1.84. The maximum atomic E-state index is 13.2. The second-order valence-corrected chi connectivity index (χ2v) is 8.42. The normalized spacial score (nSPS) is 15.8. The average molecular weight is 463 g/mol. The van der Waals surface area contributed by atoms with Gasteiger partial charge in [-0.2, -0.15) is 0 Å². The van der Waals surface area contributed by atoms with Gasteiger partial charge in [-0.25, -0.2) is 4.98 Å². The van der Waals surface area contributed by atoms with Gasteiger partial charge in [-0.05, 0) is 37.1 Å². The number of nitrogens with zero attached hydrogens (tertiary/aromatic N) is 2. The summed E-state index contributed by atoms with van der Waals surface area (Å²) in [6, 6.07) is 10.7. The minimum absolute atomic E-state index is 0.0369. The minimum atomic E-state index is -0.215. The van der Waals surface area contributed by atoms with Gasteiger partial charge in [0.25, 0.3) is 5.91 Å². The van der Waals surface area contributed by atoms with Crippen LogP contribution in [0.25, 0.3) is 10.2 Å². The van der Waals surface area contributed by atoms with E-state index in [4.69, 9.17) is 30.5 Å². The smallest absolute Gasteiger partial charge is 0.266 e. The van der Waals surface area contributed by atoms with E-state index in [9.17, 15) is 4.79 Å². The Morgan fingerprint density at radius 1 is 1.26 bits per heavy atom.